The molecule has 1 fully saturated rings. The van der Waals surface area contributed by atoms with Crippen LogP contribution in [0.3, 0.4) is 0 Å². The van der Waals surface area contributed by atoms with Gasteiger partial charge in [-0.25, -0.2) is 0 Å². The molecule has 0 radical (unpaired) electrons. The summed E-state index contributed by atoms with van der Waals surface area (Å²) < 4.78 is 5.56. The number of nitrogens with zero attached hydrogens (tertiary/aromatic N) is 4. The van der Waals surface area contributed by atoms with Crippen molar-refractivity contribution in [2.75, 3.05) is 7.11 Å². The predicted octanol–water partition coefficient (Wildman–Crippen LogP) is 1.44. The first-order valence-electron chi connectivity index (χ1n) is 6.20. The molecule has 96 valence electrons. The second kappa shape index (κ2) is 3.49. The van der Waals surface area contributed by atoms with E-state index in [1.54, 1.807) is 19.3 Å². The molecule has 0 aromatic carbocycles. The molecule has 0 amide bonds. The normalized spacial score (nSPS) is 40.4. The standard InChI is InChI=1S/C15H10N4O/c1-20-15-4-2-10-12(15)11(3-5-15)14(8-18,9-19)13(10,6-16)7-17/h2-5,10-12H,1H3/t10-,11-,12?,15?/m0/s1. The van der Waals surface area contributed by atoms with Crippen molar-refractivity contribution in [1.29, 1.82) is 21.0 Å². The molecule has 3 aliphatic rings. The zero-order chi connectivity index (χ0) is 14.6. The fourth-order valence-electron chi connectivity index (χ4n) is 4.14. The lowest BCUT2D eigenvalue weighted by molar-refractivity contribution is 0.0214. The number of methoxy groups -OCH3 is 1. The molecule has 0 aromatic rings. The molecule has 0 bridgehead atoms. The van der Waals surface area contributed by atoms with Crippen molar-refractivity contribution in [2.45, 2.75) is 5.60 Å². The summed E-state index contributed by atoms with van der Waals surface area (Å²) in [4.78, 5) is 0. The Morgan fingerprint density at radius 1 is 0.850 bits per heavy atom. The summed E-state index contributed by atoms with van der Waals surface area (Å²) in [5.41, 5.74) is -4.02. The van der Waals surface area contributed by atoms with Gasteiger partial charge in [0.2, 0.25) is 0 Å². The quantitative estimate of drug-likeness (QED) is 0.665. The highest BCUT2D eigenvalue weighted by Crippen LogP contribution is 2.69. The fraction of sp³-hybridized carbons (Fsp3) is 0.467. The van der Waals surface area contributed by atoms with E-state index >= 15 is 0 Å². The lowest BCUT2D eigenvalue weighted by Gasteiger charge is -2.28. The van der Waals surface area contributed by atoms with Crippen LogP contribution in [0.1, 0.15) is 0 Å². The lowest BCUT2D eigenvalue weighted by atomic mass is 9.63. The van der Waals surface area contributed by atoms with Gasteiger partial charge in [-0.1, -0.05) is 24.3 Å². The van der Waals surface area contributed by atoms with E-state index in [2.05, 4.69) is 0 Å². The maximum Gasteiger partial charge on any atom is 0.182 e. The second-order valence-corrected chi connectivity index (χ2v) is 5.42. The van der Waals surface area contributed by atoms with Crippen molar-refractivity contribution in [2.24, 2.45) is 28.6 Å². The molecule has 0 spiro atoms. The maximum atomic E-state index is 9.57. The van der Waals surface area contributed by atoms with Crippen LogP contribution < -0.4 is 0 Å². The Morgan fingerprint density at radius 2 is 1.25 bits per heavy atom. The van der Waals surface area contributed by atoms with Crippen LogP contribution >= 0.6 is 0 Å². The van der Waals surface area contributed by atoms with Gasteiger partial charge in [-0.05, 0) is 0 Å². The summed E-state index contributed by atoms with van der Waals surface area (Å²) in [6.45, 7) is 0. The zero-order valence-corrected chi connectivity index (χ0v) is 10.7. The van der Waals surface area contributed by atoms with E-state index in [9.17, 15) is 21.0 Å². The van der Waals surface area contributed by atoms with Crippen LogP contribution in [-0.2, 0) is 4.74 Å². The summed E-state index contributed by atoms with van der Waals surface area (Å²) >= 11 is 0. The van der Waals surface area contributed by atoms with Gasteiger partial charge in [0.1, 0.15) is 5.60 Å². The van der Waals surface area contributed by atoms with Gasteiger partial charge in [-0.3, -0.25) is 0 Å². The Labute approximate surface area is 116 Å². The van der Waals surface area contributed by atoms with E-state index < -0.39 is 28.3 Å². The molecule has 0 unspecified atom stereocenters. The van der Waals surface area contributed by atoms with E-state index in [0.29, 0.717) is 0 Å². The third kappa shape index (κ3) is 0.905. The largest absolute Gasteiger partial charge is 0.370 e. The molecule has 3 rings (SSSR count). The molecule has 2 atom stereocenters. The van der Waals surface area contributed by atoms with Crippen molar-refractivity contribution in [3.05, 3.63) is 24.3 Å². The molecule has 1 saturated carbocycles. The molecular weight excluding hydrogens is 252 g/mol. The molecule has 0 saturated heterocycles. The van der Waals surface area contributed by atoms with E-state index in [0.717, 1.165) is 0 Å². The van der Waals surface area contributed by atoms with E-state index in [-0.39, 0.29) is 5.92 Å². The number of hydrogen-bond donors (Lipinski definition) is 0. The van der Waals surface area contributed by atoms with Gasteiger partial charge in [-0.15, -0.1) is 0 Å². The van der Waals surface area contributed by atoms with Gasteiger partial charge in [0.15, 0.2) is 10.8 Å². The number of hydrogen-bond acceptors (Lipinski definition) is 5. The lowest BCUT2D eigenvalue weighted by Crippen LogP contribution is -2.39. The molecule has 5 heteroatoms. The Bertz CT molecular complexity index is 622. The second-order valence-electron chi connectivity index (χ2n) is 5.42. The van der Waals surface area contributed by atoms with E-state index in [4.69, 9.17) is 4.74 Å². The highest BCUT2D eigenvalue weighted by atomic mass is 16.5. The zero-order valence-electron chi connectivity index (χ0n) is 10.7. The summed E-state index contributed by atoms with van der Waals surface area (Å²) in [7, 11) is 1.55. The van der Waals surface area contributed by atoms with Crippen molar-refractivity contribution in [3.63, 3.8) is 0 Å². The van der Waals surface area contributed by atoms with Gasteiger partial charge >= 0.3 is 0 Å². The number of allylic oxidation sites excluding steroid dienone is 2. The molecule has 0 aromatic heterocycles. The van der Waals surface area contributed by atoms with Crippen LogP contribution in [0.15, 0.2) is 24.3 Å². The molecule has 0 heterocycles. The Morgan fingerprint density at radius 3 is 1.55 bits per heavy atom. The van der Waals surface area contributed by atoms with Crippen LogP contribution in [0.2, 0.25) is 0 Å². The van der Waals surface area contributed by atoms with Gasteiger partial charge in [0.25, 0.3) is 0 Å². The van der Waals surface area contributed by atoms with Gasteiger partial charge in [0, 0.05) is 24.9 Å². The van der Waals surface area contributed by atoms with Crippen LogP contribution in [-0.4, -0.2) is 12.7 Å². The van der Waals surface area contributed by atoms with E-state index in [1.807, 2.05) is 36.4 Å². The highest BCUT2D eigenvalue weighted by Gasteiger charge is 2.76. The molecular formula is C15H10N4O. The minimum atomic E-state index is -1.66. The monoisotopic (exact) mass is 262 g/mol. The van der Waals surface area contributed by atoms with Crippen LogP contribution in [0.4, 0.5) is 0 Å². The van der Waals surface area contributed by atoms with Crippen LogP contribution in [0.5, 0.6) is 0 Å². The minimum Gasteiger partial charge on any atom is -0.370 e. The number of rotatable bonds is 1. The highest BCUT2D eigenvalue weighted by molar-refractivity contribution is 5.52. The third-order valence-corrected chi connectivity index (χ3v) is 5.10. The molecule has 3 aliphatic carbocycles. The van der Waals surface area contributed by atoms with Crippen molar-refractivity contribution < 1.29 is 4.74 Å². The first kappa shape index (κ1) is 12.4. The molecule has 0 N–H and O–H groups in total. The molecule has 0 aliphatic heterocycles. The SMILES string of the molecule is COC12C=C[C@H]3C1[C@H](C=C2)C(C#N)(C#N)C3(C#N)C#N. The topological polar surface area (TPSA) is 104 Å². The van der Waals surface area contributed by atoms with Gasteiger partial charge < -0.3 is 4.74 Å². The van der Waals surface area contributed by atoms with Crippen LogP contribution in [0, 0.1) is 73.9 Å². The van der Waals surface area contributed by atoms with Crippen molar-refractivity contribution >= 4 is 0 Å². The third-order valence-electron chi connectivity index (χ3n) is 5.10. The Kier molecular flexibility index (Phi) is 2.17. The van der Waals surface area contributed by atoms with Crippen molar-refractivity contribution in [3.8, 4) is 24.3 Å². The first-order chi connectivity index (χ1) is 9.61. The number of ether oxygens (including phenoxy) is 1. The van der Waals surface area contributed by atoms with Gasteiger partial charge in [-0.2, -0.15) is 21.0 Å². The predicted molar refractivity (Wildman–Crippen MR) is 65.8 cm³/mol. The average molecular weight is 262 g/mol. The molecule has 20 heavy (non-hydrogen) atoms. The summed E-state index contributed by atoms with van der Waals surface area (Å²) in [6, 6.07) is 7.88. The summed E-state index contributed by atoms with van der Waals surface area (Å²) in [5.74, 6) is -1.19. The first-order valence-corrected chi connectivity index (χ1v) is 6.20. The van der Waals surface area contributed by atoms with Crippen LogP contribution in [0.25, 0.3) is 0 Å². The summed E-state index contributed by atoms with van der Waals surface area (Å²) in [6.07, 6.45) is 7.18. The fourth-order valence-corrected chi connectivity index (χ4v) is 4.14. The Hall–Kier alpha value is -2.60. The Balaban J connectivity index is 2.33. The molecule has 5 nitrogen and oxygen atoms in total. The summed E-state index contributed by atoms with van der Waals surface area (Å²) in [5, 5.41) is 38.3. The smallest absolute Gasteiger partial charge is 0.182 e. The average Bonchev–Trinajstić information content (AvgIpc) is 3.10. The van der Waals surface area contributed by atoms with E-state index in [1.165, 1.54) is 0 Å². The van der Waals surface area contributed by atoms with Crippen molar-refractivity contribution in [1.82, 2.24) is 0 Å². The minimum absolute atomic E-state index is 0.244. The van der Waals surface area contributed by atoms with Gasteiger partial charge in [0.05, 0.1) is 24.3 Å². The maximum absolute atomic E-state index is 9.57. The number of nitriles is 4.